The summed E-state index contributed by atoms with van der Waals surface area (Å²) in [6.07, 6.45) is -3.78. The number of nitrogens with one attached hydrogen (secondary N) is 1. The Hall–Kier alpha value is -2.96. The Morgan fingerprint density at radius 3 is 2.71 bits per heavy atom. The van der Waals surface area contributed by atoms with Crippen molar-refractivity contribution < 1.29 is 33.3 Å². The summed E-state index contributed by atoms with van der Waals surface area (Å²) in [4.78, 5) is 31.7. The van der Waals surface area contributed by atoms with Crippen LogP contribution in [0.3, 0.4) is 0 Å². The fourth-order valence-electron chi connectivity index (χ4n) is 2.60. The van der Waals surface area contributed by atoms with E-state index in [0.717, 1.165) is 12.3 Å². The number of anilines is 1. The Morgan fingerprint density at radius 1 is 1.43 bits per heavy atom. The van der Waals surface area contributed by atoms with E-state index in [-0.39, 0.29) is 11.4 Å². The average Bonchev–Trinajstić information content (AvgIpc) is 2.91. The first-order chi connectivity index (χ1) is 13.3. The molecule has 3 heterocycles. The Kier molecular flexibility index (Phi) is 5.36. The number of methoxy groups -OCH3 is 1. The van der Waals surface area contributed by atoms with Crippen LogP contribution in [0, 0.1) is 0 Å². The number of rotatable bonds is 5. The van der Waals surface area contributed by atoms with Crippen LogP contribution in [0.4, 0.5) is 14.6 Å². The molecule has 1 saturated heterocycles. The zero-order chi connectivity index (χ0) is 20.5. The summed E-state index contributed by atoms with van der Waals surface area (Å²) in [6.45, 7) is -0.848. The van der Waals surface area contributed by atoms with E-state index < -0.39 is 42.6 Å². The topological polar surface area (TPSA) is 136 Å². The van der Waals surface area contributed by atoms with E-state index in [1.807, 2.05) is 0 Å². The molecule has 1 fully saturated rings. The third kappa shape index (κ3) is 3.56. The number of pyridine rings is 1. The molecule has 0 saturated carbocycles. The van der Waals surface area contributed by atoms with Crippen molar-refractivity contribution in [2.24, 2.45) is 0 Å². The summed E-state index contributed by atoms with van der Waals surface area (Å²) in [5.41, 5.74) is -0.979. The summed E-state index contributed by atoms with van der Waals surface area (Å²) in [7, 11) is 1.42. The first kappa shape index (κ1) is 19.8. The molecular weight excluding hydrogens is 382 g/mol. The Bertz CT molecular complexity index is 920. The second-order valence-electron chi connectivity index (χ2n) is 5.87. The molecule has 3 atom stereocenters. The van der Waals surface area contributed by atoms with Crippen molar-refractivity contribution in [2.75, 3.05) is 19.0 Å². The van der Waals surface area contributed by atoms with Gasteiger partial charge in [0.1, 0.15) is 11.9 Å². The highest BCUT2D eigenvalue weighted by molar-refractivity contribution is 6.03. The van der Waals surface area contributed by atoms with Crippen LogP contribution in [0.15, 0.2) is 35.4 Å². The molecule has 0 bridgehead atoms. The lowest BCUT2D eigenvalue weighted by Crippen LogP contribution is -2.41. The molecular formula is C16H16F2N4O6. The molecule has 3 rings (SSSR count). The van der Waals surface area contributed by atoms with Crippen molar-refractivity contribution in [3.05, 3.63) is 46.6 Å². The predicted molar refractivity (Wildman–Crippen MR) is 89.2 cm³/mol. The maximum atomic E-state index is 14.1. The molecule has 0 radical (unpaired) electrons. The molecule has 3 N–H and O–H groups in total. The zero-order valence-electron chi connectivity index (χ0n) is 14.5. The first-order valence-electron chi connectivity index (χ1n) is 8.00. The summed E-state index contributed by atoms with van der Waals surface area (Å²) in [5.74, 6) is -4.32. The van der Waals surface area contributed by atoms with Crippen LogP contribution in [0.2, 0.25) is 0 Å². The normalized spacial score (nSPS) is 23.4. The number of halogens is 2. The van der Waals surface area contributed by atoms with E-state index in [1.54, 1.807) is 0 Å². The van der Waals surface area contributed by atoms with E-state index in [0.29, 0.717) is 10.4 Å². The summed E-state index contributed by atoms with van der Waals surface area (Å²) in [5, 5.41) is 20.9. The SMILES string of the molecule is COc1ccc(C(=O)Nc2ccn([C@@H]3O[C@H](CO)[C@@H](O)C3(F)F)c(=O)n2)cn1. The highest BCUT2D eigenvalue weighted by Gasteiger charge is 2.59. The van der Waals surface area contributed by atoms with Crippen molar-refractivity contribution in [1.82, 2.24) is 14.5 Å². The molecule has 1 amide bonds. The first-order valence-corrected chi connectivity index (χ1v) is 8.00. The maximum Gasteiger partial charge on any atom is 0.351 e. The minimum Gasteiger partial charge on any atom is -0.481 e. The van der Waals surface area contributed by atoms with Crippen molar-refractivity contribution in [3.63, 3.8) is 0 Å². The fourth-order valence-corrected chi connectivity index (χ4v) is 2.60. The van der Waals surface area contributed by atoms with E-state index >= 15 is 0 Å². The number of hydrogen-bond acceptors (Lipinski definition) is 8. The third-order valence-corrected chi connectivity index (χ3v) is 4.09. The molecule has 0 aromatic carbocycles. The minimum atomic E-state index is -3.82. The van der Waals surface area contributed by atoms with Crippen molar-refractivity contribution >= 4 is 11.7 Å². The van der Waals surface area contributed by atoms with Crippen molar-refractivity contribution in [3.8, 4) is 5.88 Å². The highest BCUT2D eigenvalue weighted by atomic mass is 19.3. The zero-order valence-corrected chi connectivity index (χ0v) is 14.5. The minimum absolute atomic E-state index is 0.159. The Labute approximate surface area is 156 Å². The van der Waals surface area contributed by atoms with Gasteiger partial charge >= 0.3 is 11.6 Å². The number of aliphatic hydroxyl groups excluding tert-OH is 2. The molecule has 150 valence electrons. The van der Waals surface area contributed by atoms with Crippen molar-refractivity contribution in [2.45, 2.75) is 24.4 Å². The van der Waals surface area contributed by atoms with Gasteiger partial charge in [0.05, 0.1) is 19.3 Å². The van der Waals surface area contributed by atoms with Crippen LogP contribution < -0.4 is 15.7 Å². The average molecular weight is 398 g/mol. The Morgan fingerprint density at radius 2 is 2.18 bits per heavy atom. The number of ether oxygens (including phenoxy) is 2. The van der Waals surface area contributed by atoms with Crippen LogP contribution >= 0.6 is 0 Å². The van der Waals surface area contributed by atoms with Gasteiger partial charge in [0.15, 0.2) is 6.10 Å². The number of nitrogens with zero attached hydrogens (tertiary/aromatic N) is 3. The van der Waals surface area contributed by atoms with Gasteiger partial charge in [0.25, 0.3) is 5.91 Å². The van der Waals surface area contributed by atoms with E-state index in [4.69, 9.17) is 14.6 Å². The monoisotopic (exact) mass is 398 g/mol. The van der Waals surface area contributed by atoms with Crippen LogP contribution in [-0.2, 0) is 4.74 Å². The van der Waals surface area contributed by atoms with Gasteiger partial charge in [-0.25, -0.2) is 9.78 Å². The van der Waals surface area contributed by atoms with Crippen LogP contribution in [-0.4, -0.2) is 62.5 Å². The fraction of sp³-hybridized carbons (Fsp3) is 0.375. The van der Waals surface area contributed by atoms with Gasteiger partial charge in [-0.2, -0.15) is 13.8 Å². The molecule has 1 aliphatic heterocycles. The molecule has 2 aromatic heterocycles. The lowest BCUT2D eigenvalue weighted by molar-refractivity contribution is -0.140. The smallest absolute Gasteiger partial charge is 0.351 e. The number of carbonyl (C=O) groups is 1. The van der Waals surface area contributed by atoms with E-state index in [2.05, 4.69) is 15.3 Å². The lowest BCUT2D eigenvalue weighted by atomic mass is 10.1. The lowest BCUT2D eigenvalue weighted by Gasteiger charge is -2.21. The largest absolute Gasteiger partial charge is 0.481 e. The predicted octanol–water partition coefficient (Wildman–Crippen LogP) is -0.215. The molecule has 0 aliphatic carbocycles. The van der Waals surface area contributed by atoms with Crippen LogP contribution in [0.5, 0.6) is 5.88 Å². The second-order valence-corrected chi connectivity index (χ2v) is 5.87. The van der Waals surface area contributed by atoms with Gasteiger partial charge in [0, 0.05) is 18.5 Å². The van der Waals surface area contributed by atoms with Gasteiger partial charge in [-0.3, -0.25) is 9.36 Å². The summed E-state index contributed by atoms with van der Waals surface area (Å²) in [6, 6.07) is 4.02. The molecule has 0 spiro atoms. The molecule has 10 nitrogen and oxygen atoms in total. The van der Waals surface area contributed by atoms with Crippen LogP contribution in [0.1, 0.15) is 16.6 Å². The van der Waals surface area contributed by atoms with Gasteiger partial charge in [-0.15, -0.1) is 0 Å². The number of carbonyl (C=O) groups excluding carboxylic acids is 1. The van der Waals surface area contributed by atoms with E-state index in [9.17, 15) is 23.5 Å². The number of aliphatic hydroxyl groups is 2. The standard InChI is InChI=1S/C16H16F2N4O6/c1-27-11-3-2-8(6-19-11)13(25)20-10-4-5-22(15(26)21-10)14-16(17,18)12(24)9(7-23)28-14/h2-6,9,12,14,23-24H,7H2,1H3,(H,20,21,25,26)/t9-,12-,14-/m1/s1. The molecule has 1 aliphatic rings. The number of alkyl halides is 2. The van der Waals surface area contributed by atoms with Gasteiger partial charge in [0.2, 0.25) is 12.1 Å². The maximum absolute atomic E-state index is 14.1. The van der Waals surface area contributed by atoms with E-state index in [1.165, 1.54) is 25.4 Å². The summed E-state index contributed by atoms with van der Waals surface area (Å²) >= 11 is 0. The molecule has 28 heavy (non-hydrogen) atoms. The molecule has 2 aromatic rings. The number of hydrogen-bond donors (Lipinski definition) is 3. The number of aromatic nitrogens is 3. The third-order valence-electron chi connectivity index (χ3n) is 4.09. The molecule has 12 heteroatoms. The van der Waals surface area contributed by atoms with Crippen molar-refractivity contribution in [1.29, 1.82) is 0 Å². The van der Waals surface area contributed by atoms with Crippen LogP contribution in [0.25, 0.3) is 0 Å². The quantitative estimate of drug-likeness (QED) is 0.629. The van der Waals surface area contributed by atoms with Gasteiger partial charge < -0.3 is 25.0 Å². The van der Waals surface area contributed by atoms with Gasteiger partial charge in [-0.05, 0) is 12.1 Å². The molecule has 0 unspecified atom stereocenters. The highest BCUT2D eigenvalue weighted by Crippen LogP contribution is 2.41. The Balaban J connectivity index is 1.79. The number of amides is 1. The second kappa shape index (κ2) is 7.58. The van der Waals surface area contributed by atoms with Gasteiger partial charge in [-0.1, -0.05) is 0 Å². The summed E-state index contributed by atoms with van der Waals surface area (Å²) < 4.78 is 38.5.